The molecule has 1 aliphatic heterocycles. The van der Waals surface area contributed by atoms with Crippen molar-refractivity contribution < 1.29 is 9.90 Å². The van der Waals surface area contributed by atoms with Crippen LogP contribution in [0.1, 0.15) is 33.6 Å². The summed E-state index contributed by atoms with van der Waals surface area (Å²) >= 11 is 0. The molecule has 1 heterocycles. The van der Waals surface area contributed by atoms with E-state index in [4.69, 9.17) is 0 Å². The van der Waals surface area contributed by atoms with Crippen LogP contribution in [0.3, 0.4) is 0 Å². The van der Waals surface area contributed by atoms with Crippen LogP contribution in [0.5, 0.6) is 0 Å². The molecule has 0 aliphatic carbocycles. The van der Waals surface area contributed by atoms with E-state index in [1.807, 2.05) is 20.8 Å². The summed E-state index contributed by atoms with van der Waals surface area (Å²) in [5.41, 5.74) is 0. The Kier molecular flexibility index (Phi) is 4.54. The fourth-order valence-electron chi connectivity index (χ4n) is 1.77. The molecule has 3 N–H and O–H groups in total. The average molecular weight is 214 g/mol. The van der Waals surface area contributed by atoms with Crippen molar-refractivity contribution in [1.29, 1.82) is 0 Å². The van der Waals surface area contributed by atoms with E-state index < -0.39 is 6.23 Å². The number of aliphatic hydroxyl groups is 1. The maximum absolute atomic E-state index is 11.7. The fraction of sp³-hybridized carbons (Fsp3) is 0.909. The van der Waals surface area contributed by atoms with E-state index in [1.54, 1.807) is 0 Å². The molecule has 0 spiro atoms. The molecule has 1 aliphatic rings. The maximum Gasteiger partial charge on any atom is 0.223 e. The molecule has 4 nitrogen and oxygen atoms in total. The standard InChI is InChI=1S/C11H22N2O2/c1-4-7(2)10(14)13-9-5-6-12-11(15)8(9)3/h7-9,11-12,15H,4-6H2,1-3H3,(H,13,14). The second-order valence-corrected chi connectivity index (χ2v) is 4.47. The van der Waals surface area contributed by atoms with Crippen molar-refractivity contribution in [3.8, 4) is 0 Å². The Hall–Kier alpha value is -0.610. The van der Waals surface area contributed by atoms with Crippen LogP contribution in [-0.2, 0) is 4.79 Å². The maximum atomic E-state index is 11.7. The third-order valence-corrected chi connectivity index (χ3v) is 3.33. The van der Waals surface area contributed by atoms with Crippen LogP contribution < -0.4 is 10.6 Å². The van der Waals surface area contributed by atoms with Crippen LogP contribution in [0, 0.1) is 11.8 Å². The summed E-state index contributed by atoms with van der Waals surface area (Å²) in [6, 6.07) is 0.0998. The predicted octanol–water partition coefficient (Wildman–Crippen LogP) is 0.465. The van der Waals surface area contributed by atoms with Crippen molar-refractivity contribution >= 4 is 5.91 Å². The lowest BCUT2D eigenvalue weighted by Crippen LogP contribution is -2.54. The largest absolute Gasteiger partial charge is 0.378 e. The molecule has 1 rings (SSSR count). The number of aliphatic hydroxyl groups excluding tert-OH is 1. The smallest absolute Gasteiger partial charge is 0.223 e. The summed E-state index contributed by atoms with van der Waals surface area (Å²) in [6.45, 7) is 6.65. The van der Waals surface area contributed by atoms with Gasteiger partial charge < -0.3 is 10.4 Å². The Morgan fingerprint density at radius 1 is 1.67 bits per heavy atom. The third-order valence-electron chi connectivity index (χ3n) is 3.33. The average Bonchev–Trinajstić information content (AvgIpc) is 2.23. The highest BCUT2D eigenvalue weighted by atomic mass is 16.3. The minimum absolute atomic E-state index is 0.0595. The van der Waals surface area contributed by atoms with Crippen molar-refractivity contribution in [2.75, 3.05) is 6.54 Å². The number of amides is 1. The normalized spacial score (nSPS) is 33.5. The van der Waals surface area contributed by atoms with E-state index in [-0.39, 0.29) is 23.8 Å². The van der Waals surface area contributed by atoms with Crippen molar-refractivity contribution in [1.82, 2.24) is 10.6 Å². The van der Waals surface area contributed by atoms with Gasteiger partial charge in [-0.3, -0.25) is 10.1 Å². The molecule has 0 aromatic rings. The SMILES string of the molecule is CCC(C)C(=O)NC1CCNC(O)C1C. The van der Waals surface area contributed by atoms with Crippen molar-refractivity contribution in [2.24, 2.45) is 11.8 Å². The van der Waals surface area contributed by atoms with Gasteiger partial charge in [0.05, 0.1) is 0 Å². The van der Waals surface area contributed by atoms with E-state index >= 15 is 0 Å². The topological polar surface area (TPSA) is 61.4 Å². The Balaban J connectivity index is 2.46. The lowest BCUT2D eigenvalue weighted by Gasteiger charge is -2.34. The fourth-order valence-corrected chi connectivity index (χ4v) is 1.77. The number of rotatable bonds is 3. The van der Waals surface area contributed by atoms with Gasteiger partial charge in [-0.2, -0.15) is 0 Å². The van der Waals surface area contributed by atoms with Crippen LogP contribution >= 0.6 is 0 Å². The zero-order valence-corrected chi connectivity index (χ0v) is 9.79. The van der Waals surface area contributed by atoms with Crippen molar-refractivity contribution in [3.63, 3.8) is 0 Å². The number of hydrogen-bond acceptors (Lipinski definition) is 3. The number of carbonyl (C=O) groups excluding carboxylic acids is 1. The van der Waals surface area contributed by atoms with E-state index in [0.29, 0.717) is 0 Å². The van der Waals surface area contributed by atoms with Gasteiger partial charge in [0.1, 0.15) is 6.23 Å². The molecule has 0 saturated carbocycles. The van der Waals surface area contributed by atoms with Crippen LogP contribution in [0.15, 0.2) is 0 Å². The molecule has 1 saturated heterocycles. The van der Waals surface area contributed by atoms with Gasteiger partial charge in [-0.25, -0.2) is 0 Å². The first-order valence-electron chi connectivity index (χ1n) is 5.78. The highest BCUT2D eigenvalue weighted by Gasteiger charge is 2.29. The summed E-state index contributed by atoms with van der Waals surface area (Å²) in [4.78, 5) is 11.7. The van der Waals surface area contributed by atoms with Crippen LogP contribution in [0.4, 0.5) is 0 Å². The van der Waals surface area contributed by atoms with E-state index in [0.717, 1.165) is 19.4 Å². The Bertz CT molecular complexity index is 221. The van der Waals surface area contributed by atoms with Gasteiger partial charge in [-0.05, 0) is 19.4 Å². The van der Waals surface area contributed by atoms with Gasteiger partial charge in [0.2, 0.25) is 5.91 Å². The molecule has 0 aromatic heterocycles. The molecule has 1 fully saturated rings. The first-order valence-corrected chi connectivity index (χ1v) is 5.78. The van der Waals surface area contributed by atoms with E-state index in [9.17, 15) is 9.90 Å². The molecule has 0 bridgehead atoms. The quantitative estimate of drug-likeness (QED) is 0.640. The molecule has 0 aromatic carbocycles. The van der Waals surface area contributed by atoms with Gasteiger partial charge in [-0.1, -0.05) is 20.8 Å². The highest BCUT2D eigenvalue weighted by Crippen LogP contribution is 2.15. The van der Waals surface area contributed by atoms with Gasteiger partial charge in [0, 0.05) is 17.9 Å². The van der Waals surface area contributed by atoms with Gasteiger partial charge in [-0.15, -0.1) is 0 Å². The summed E-state index contributed by atoms with van der Waals surface area (Å²) in [5, 5.41) is 15.6. The first kappa shape index (κ1) is 12.5. The summed E-state index contributed by atoms with van der Waals surface area (Å²) in [7, 11) is 0. The molecule has 0 radical (unpaired) electrons. The second kappa shape index (κ2) is 5.47. The van der Waals surface area contributed by atoms with Gasteiger partial charge >= 0.3 is 0 Å². The van der Waals surface area contributed by atoms with E-state index in [2.05, 4.69) is 10.6 Å². The zero-order chi connectivity index (χ0) is 11.4. The first-order chi connectivity index (χ1) is 7.06. The highest BCUT2D eigenvalue weighted by molar-refractivity contribution is 5.78. The number of carbonyl (C=O) groups is 1. The molecular weight excluding hydrogens is 192 g/mol. The minimum Gasteiger partial charge on any atom is -0.378 e. The molecule has 88 valence electrons. The van der Waals surface area contributed by atoms with Crippen molar-refractivity contribution in [3.05, 3.63) is 0 Å². The Morgan fingerprint density at radius 2 is 2.33 bits per heavy atom. The Labute approximate surface area is 91.4 Å². The van der Waals surface area contributed by atoms with Crippen LogP contribution in [-0.4, -0.2) is 29.8 Å². The molecule has 1 amide bonds. The number of hydrogen-bond donors (Lipinski definition) is 3. The zero-order valence-electron chi connectivity index (χ0n) is 9.79. The molecular formula is C11H22N2O2. The second-order valence-electron chi connectivity index (χ2n) is 4.47. The van der Waals surface area contributed by atoms with Crippen molar-refractivity contribution in [2.45, 2.75) is 45.9 Å². The molecule has 4 unspecified atom stereocenters. The van der Waals surface area contributed by atoms with E-state index in [1.165, 1.54) is 0 Å². The molecule has 15 heavy (non-hydrogen) atoms. The summed E-state index contributed by atoms with van der Waals surface area (Å²) in [6.07, 6.45) is 1.25. The Morgan fingerprint density at radius 3 is 2.93 bits per heavy atom. The summed E-state index contributed by atoms with van der Waals surface area (Å²) < 4.78 is 0. The number of nitrogens with one attached hydrogen (secondary N) is 2. The molecule has 4 atom stereocenters. The minimum atomic E-state index is -0.499. The van der Waals surface area contributed by atoms with Gasteiger partial charge in [0.15, 0.2) is 0 Å². The summed E-state index contributed by atoms with van der Waals surface area (Å²) in [5.74, 6) is 0.236. The lowest BCUT2D eigenvalue weighted by atomic mass is 9.92. The lowest BCUT2D eigenvalue weighted by molar-refractivity contribution is -0.126. The molecule has 4 heteroatoms. The van der Waals surface area contributed by atoms with Crippen LogP contribution in [0.25, 0.3) is 0 Å². The number of piperidine rings is 1. The third kappa shape index (κ3) is 3.18. The van der Waals surface area contributed by atoms with Crippen LogP contribution in [0.2, 0.25) is 0 Å². The van der Waals surface area contributed by atoms with Gasteiger partial charge in [0.25, 0.3) is 0 Å². The predicted molar refractivity (Wildman–Crippen MR) is 59.2 cm³/mol. The monoisotopic (exact) mass is 214 g/mol.